The maximum Gasteiger partial charge on any atom is 0.312 e. The van der Waals surface area contributed by atoms with E-state index in [4.69, 9.17) is 10.5 Å². The lowest BCUT2D eigenvalue weighted by molar-refractivity contribution is -0.148. The first-order chi connectivity index (χ1) is 49.4. The fourth-order valence-corrected chi connectivity index (χ4v) is 9.58. The molecular weight excluding hydrogens is 1380 g/mol. The van der Waals surface area contributed by atoms with Crippen molar-refractivity contribution < 1.29 is 91.0 Å². The van der Waals surface area contributed by atoms with Crippen molar-refractivity contribution in [1.82, 2.24) is 80.9 Å². The van der Waals surface area contributed by atoms with Gasteiger partial charge in [-0.15, -0.1) is 0 Å². The van der Waals surface area contributed by atoms with Crippen molar-refractivity contribution in [2.24, 2.45) is 23.5 Å². The molecule has 0 bridgehead atoms. The number of nitrogens with one attached hydrogen (secondary N) is 6. The van der Waals surface area contributed by atoms with Gasteiger partial charge in [0.25, 0.3) is 0 Å². The van der Waals surface area contributed by atoms with Crippen LogP contribution in [0.4, 0.5) is 4.79 Å². The molecule has 0 aliphatic carbocycles. The molecule has 0 aromatic heterocycles. The van der Waals surface area contributed by atoms with Crippen molar-refractivity contribution in [1.29, 1.82) is 0 Å². The van der Waals surface area contributed by atoms with Gasteiger partial charge in [-0.2, -0.15) is 0 Å². The monoisotopic (exact) mass is 1500 g/mol. The van der Waals surface area contributed by atoms with Crippen LogP contribution in [-0.2, 0) is 99.3 Å². The number of primary amides is 1. The summed E-state index contributed by atoms with van der Waals surface area (Å²) in [6.45, 7) is 8.67. The molecule has 1 aromatic rings. The number of carbonyl (C=O) groups is 18. The summed E-state index contributed by atoms with van der Waals surface area (Å²) in [7, 11) is 13.2. The molecule has 106 heavy (non-hydrogen) atoms. The molecule has 0 saturated heterocycles. The number of ether oxygens (including phenoxy) is 1. The second-order valence-corrected chi connectivity index (χ2v) is 27.5. The highest BCUT2D eigenvalue weighted by Crippen LogP contribution is 2.20. The van der Waals surface area contributed by atoms with Crippen LogP contribution in [0.3, 0.4) is 0 Å². The topological polar surface area (TPSA) is 447 Å². The van der Waals surface area contributed by atoms with Crippen LogP contribution in [0.5, 0.6) is 0 Å². The third kappa shape index (κ3) is 37.5. The van der Waals surface area contributed by atoms with E-state index in [9.17, 15) is 86.3 Å². The Balaban J connectivity index is 2.57. The van der Waals surface area contributed by atoms with Crippen molar-refractivity contribution in [3.8, 4) is 0 Å². The van der Waals surface area contributed by atoms with Crippen LogP contribution in [0.2, 0.25) is 0 Å². The lowest BCUT2D eigenvalue weighted by Gasteiger charge is -2.27. The molecule has 1 aromatic carbocycles. The highest BCUT2D eigenvalue weighted by Gasteiger charge is 2.31. The number of carbonyl (C=O) groups excluding carboxylic acids is 18. The molecule has 0 fully saturated rings. The zero-order chi connectivity index (χ0) is 80.8. The lowest BCUT2D eigenvalue weighted by atomic mass is 9.88. The molecule has 0 radical (unpaired) electrons. The average Bonchev–Trinajstić information content (AvgIpc) is 0.850. The van der Waals surface area contributed by atoms with Gasteiger partial charge in [-0.25, -0.2) is 4.79 Å². The molecule has 0 heterocycles. The number of esters is 1. The Morgan fingerprint density at radius 3 is 1.19 bits per heavy atom. The molecule has 3 atom stereocenters. The molecule has 0 saturated carbocycles. The average molecular weight is 1500 g/mol. The number of likely N-dealkylation sites (N-methyl/N-ethyl adjacent to an activating group) is 10. The van der Waals surface area contributed by atoms with E-state index >= 15 is 0 Å². The van der Waals surface area contributed by atoms with Gasteiger partial charge in [-0.1, -0.05) is 65.8 Å². The number of ketones is 2. The molecule has 36 heteroatoms. The maximum atomic E-state index is 13.7. The van der Waals surface area contributed by atoms with Crippen molar-refractivity contribution >= 4 is 106 Å². The van der Waals surface area contributed by atoms with Gasteiger partial charge in [0.15, 0.2) is 5.78 Å². The van der Waals surface area contributed by atoms with E-state index in [2.05, 4.69) is 31.9 Å². The number of hydrogen-bond acceptors (Lipinski definition) is 20. The Kier molecular flexibility index (Phi) is 42.5. The SMILES string of the molecule is CC(C)NCCNC(=O)[C@H](C)NC(=O)CN(C)C(=O)CN(C)C(=O)CN(C)C(=O)CN(C)C(=O)CN(C)C(=O)CN(C)C(=O)CN(C)C(=O)CN(C)C(=O)CN(C)C(=O)CN(C)C(=O)CCNC(=O)CCCC(=O)C[C@H](C(=O)N[C@@H](CCCNC(N)=O)C(=O)Cc1ccc(COC(=O)C(C)C)cc1)C(C)C. The van der Waals surface area contributed by atoms with Crippen LogP contribution in [0.15, 0.2) is 24.3 Å². The molecule has 0 spiro atoms. The summed E-state index contributed by atoms with van der Waals surface area (Å²) in [5, 5.41) is 16.3. The normalized spacial score (nSPS) is 11.7. The molecule has 0 aliphatic rings. The Hall–Kier alpha value is -10.2. The van der Waals surface area contributed by atoms with Gasteiger partial charge in [0.2, 0.25) is 82.7 Å². The number of amides is 16. The largest absolute Gasteiger partial charge is 0.461 e. The predicted molar refractivity (Wildman–Crippen MR) is 388 cm³/mol. The predicted octanol–water partition coefficient (Wildman–Crippen LogP) is -3.46. The summed E-state index contributed by atoms with van der Waals surface area (Å²) in [5.41, 5.74) is 6.58. The van der Waals surface area contributed by atoms with E-state index in [1.807, 2.05) is 13.8 Å². The summed E-state index contributed by atoms with van der Waals surface area (Å²) in [6.07, 6.45) is 0.122. The van der Waals surface area contributed by atoms with E-state index in [1.54, 1.807) is 52.0 Å². The molecule has 0 aliphatic heterocycles. The Bertz CT molecular complexity index is 3220. The third-order valence-corrected chi connectivity index (χ3v) is 16.8. The van der Waals surface area contributed by atoms with Gasteiger partial charge < -0.3 is 91.4 Å². The van der Waals surface area contributed by atoms with Crippen molar-refractivity contribution in [2.45, 2.75) is 125 Å². The van der Waals surface area contributed by atoms with Crippen molar-refractivity contribution in [3.05, 3.63) is 35.4 Å². The minimum atomic E-state index is -0.957. The Morgan fingerprint density at radius 1 is 0.406 bits per heavy atom. The number of rotatable bonds is 48. The number of hydrogen-bond donors (Lipinski definition) is 7. The van der Waals surface area contributed by atoms with Gasteiger partial charge in [0, 0.05) is 141 Å². The quantitative estimate of drug-likeness (QED) is 0.0246. The summed E-state index contributed by atoms with van der Waals surface area (Å²) in [5.74, 6) is -10.7. The van der Waals surface area contributed by atoms with E-state index in [1.165, 1.54) is 77.4 Å². The van der Waals surface area contributed by atoms with E-state index < -0.39 is 172 Å². The van der Waals surface area contributed by atoms with Crippen LogP contribution in [0.25, 0.3) is 0 Å². The van der Waals surface area contributed by atoms with Crippen molar-refractivity contribution in [2.75, 3.05) is 162 Å². The Labute approximate surface area is 621 Å². The number of nitrogens with two attached hydrogens (primary N) is 1. The van der Waals surface area contributed by atoms with E-state index in [-0.39, 0.29) is 100 Å². The molecule has 594 valence electrons. The number of nitrogens with zero attached hydrogens (tertiary/aromatic N) is 10. The highest BCUT2D eigenvalue weighted by atomic mass is 16.5. The highest BCUT2D eigenvalue weighted by molar-refractivity contribution is 5.96. The summed E-state index contributed by atoms with van der Waals surface area (Å²) < 4.78 is 5.28. The van der Waals surface area contributed by atoms with E-state index in [0.717, 1.165) is 54.6 Å². The summed E-state index contributed by atoms with van der Waals surface area (Å²) in [4.78, 5) is 242. The minimum Gasteiger partial charge on any atom is -0.461 e. The van der Waals surface area contributed by atoms with Gasteiger partial charge in [-0.3, -0.25) is 81.5 Å². The van der Waals surface area contributed by atoms with Crippen LogP contribution < -0.4 is 37.6 Å². The lowest BCUT2D eigenvalue weighted by Crippen LogP contribution is -2.50. The fraction of sp³-hybridized carbons (Fsp3) is 0.657. The summed E-state index contributed by atoms with van der Waals surface area (Å²) >= 11 is 0. The smallest absolute Gasteiger partial charge is 0.312 e. The van der Waals surface area contributed by atoms with Gasteiger partial charge >= 0.3 is 12.0 Å². The van der Waals surface area contributed by atoms with Crippen LogP contribution in [0, 0.1) is 17.8 Å². The standard InChI is InChI=1S/C70H115N17O19/c1-45(2)52(68(103)77-53(21-19-28-75-70(71)105)54(89)32-49-23-25-50(26-24-49)44-106-69(104)46(3)4)33-51(88)20-18-22-55(90)73-29-27-57(92)79(9)35-59(94)81(11)37-61(96)83(13)39-63(98)85(15)41-65(100)87(17)43-66(101)86(16)42-64(99)84(14)40-62(97)82(12)38-60(95)80(10)36-58(93)78(8)34-56(91)76-48(7)67(102)74-31-30-72-47(5)6/h23-26,45-48,52-53,72H,18-22,27-44H2,1-17H3,(H,73,90)(H,74,102)(H,76,91)(H,77,103)(H3,71,75,105)/t48-,52-,53-/m0/s1. The Morgan fingerprint density at radius 2 is 0.802 bits per heavy atom. The molecule has 0 unspecified atom stereocenters. The second-order valence-electron chi connectivity index (χ2n) is 27.5. The second kappa shape index (κ2) is 48.0. The van der Waals surface area contributed by atoms with Crippen LogP contribution in [0.1, 0.15) is 105 Å². The molecule has 1 rings (SSSR count). The number of urea groups is 1. The molecular formula is C70H115N17O19. The van der Waals surface area contributed by atoms with E-state index in [0.29, 0.717) is 25.1 Å². The minimum absolute atomic E-state index is 0.0351. The number of benzene rings is 1. The molecule has 8 N–H and O–H groups in total. The van der Waals surface area contributed by atoms with Crippen molar-refractivity contribution in [3.63, 3.8) is 0 Å². The van der Waals surface area contributed by atoms with Gasteiger partial charge in [0.1, 0.15) is 18.4 Å². The van der Waals surface area contributed by atoms with Crippen LogP contribution in [-0.4, -0.2) is 335 Å². The first-order valence-electron chi connectivity index (χ1n) is 35.0. The van der Waals surface area contributed by atoms with Gasteiger partial charge in [-0.05, 0) is 43.2 Å². The number of Topliss-reactive ketones (excluding diaryl/α,β-unsaturated/α-hetero) is 2. The maximum absolute atomic E-state index is 13.7. The first-order valence-corrected chi connectivity index (χ1v) is 35.0. The fourth-order valence-electron chi connectivity index (χ4n) is 9.58. The first kappa shape index (κ1) is 93.9. The molecule has 16 amide bonds. The summed E-state index contributed by atoms with van der Waals surface area (Å²) in [6, 6.07) is 4.59. The zero-order valence-electron chi connectivity index (χ0n) is 64.8. The third-order valence-electron chi connectivity index (χ3n) is 16.8. The van der Waals surface area contributed by atoms with Crippen LogP contribution >= 0.6 is 0 Å². The van der Waals surface area contributed by atoms with Gasteiger partial charge in [0.05, 0.1) is 77.4 Å². The molecule has 36 nitrogen and oxygen atoms in total. The zero-order valence-corrected chi connectivity index (χ0v) is 64.8.